The molecule has 0 saturated heterocycles. The first kappa shape index (κ1) is 9.89. The van der Waals surface area contributed by atoms with Gasteiger partial charge in [-0.15, -0.1) is 0 Å². The van der Waals surface area contributed by atoms with Crippen molar-refractivity contribution in [2.75, 3.05) is 20.0 Å². The lowest BCUT2D eigenvalue weighted by molar-refractivity contribution is 0.299. The molecular formula is C3H8BNO4S-. The summed E-state index contributed by atoms with van der Waals surface area (Å²) in [6.07, 6.45) is 0.509. The third-order valence-electron chi connectivity index (χ3n) is 0.679. The summed E-state index contributed by atoms with van der Waals surface area (Å²) in [5.74, 6) is 0. The summed E-state index contributed by atoms with van der Waals surface area (Å²) in [4.78, 5) is 0. The van der Waals surface area contributed by atoms with Crippen molar-refractivity contribution in [3.63, 3.8) is 0 Å². The first-order valence-corrected chi connectivity index (χ1v) is 3.96. The van der Waals surface area contributed by atoms with Gasteiger partial charge in [-0.3, -0.25) is 4.18 Å². The van der Waals surface area contributed by atoms with E-state index in [0.717, 1.165) is 0 Å². The fourth-order valence-electron chi connectivity index (χ4n) is 0.335. The number of hydrogen-bond donors (Lipinski definition) is 1. The van der Waals surface area contributed by atoms with Crippen LogP contribution < -0.4 is 5.32 Å². The highest BCUT2D eigenvalue weighted by Gasteiger charge is 1.93. The minimum atomic E-state index is -4.51. The molecule has 0 spiro atoms. The monoisotopic (exact) mass is 165 g/mol. The minimum Gasteiger partial charge on any atom is -0.726 e. The Kier molecular flexibility index (Phi) is 4.62. The summed E-state index contributed by atoms with van der Waals surface area (Å²) in [5, 5.41) is 2.72. The lowest BCUT2D eigenvalue weighted by atomic mass is 9.81. The second-order valence-corrected chi connectivity index (χ2v) is 2.59. The van der Waals surface area contributed by atoms with Crippen molar-refractivity contribution < 1.29 is 17.2 Å². The van der Waals surface area contributed by atoms with Gasteiger partial charge in [-0.25, -0.2) is 8.42 Å². The molecule has 0 aliphatic carbocycles. The highest BCUT2D eigenvalue weighted by molar-refractivity contribution is 7.80. The van der Waals surface area contributed by atoms with Crippen molar-refractivity contribution in [1.82, 2.24) is 5.32 Å². The maximum absolute atomic E-state index is 9.78. The van der Waals surface area contributed by atoms with Crippen molar-refractivity contribution in [1.29, 1.82) is 0 Å². The van der Waals surface area contributed by atoms with E-state index in [1.165, 1.54) is 7.28 Å². The molecule has 0 heterocycles. The van der Waals surface area contributed by atoms with Crippen LogP contribution in [0.25, 0.3) is 0 Å². The topological polar surface area (TPSA) is 78.5 Å². The molecule has 1 N–H and O–H groups in total. The second kappa shape index (κ2) is 4.67. The molecule has 1 radical (unpaired) electrons. The third kappa shape index (κ3) is 7.89. The largest absolute Gasteiger partial charge is 0.726 e. The van der Waals surface area contributed by atoms with Crippen LogP contribution in [0.4, 0.5) is 0 Å². The third-order valence-corrected chi connectivity index (χ3v) is 1.10. The first-order valence-electron chi connectivity index (χ1n) is 2.63. The van der Waals surface area contributed by atoms with Crippen LogP contribution in [0.3, 0.4) is 0 Å². The van der Waals surface area contributed by atoms with Gasteiger partial charge >= 0.3 is 0 Å². The quantitative estimate of drug-likeness (QED) is 0.227. The SMILES string of the molecule is CNC[B]COS(=O)(=O)[O-]. The second-order valence-electron chi connectivity index (χ2n) is 1.54. The summed E-state index contributed by atoms with van der Waals surface area (Å²) in [7, 11) is -1.32. The lowest BCUT2D eigenvalue weighted by Gasteiger charge is -2.05. The van der Waals surface area contributed by atoms with Gasteiger partial charge in [-0.1, -0.05) is 0 Å². The summed E-state index contributed by atoms with van der Waals surface area (Å²) >= 11 is 0. The Labute approximate surface area is 61.0 Å². The van der Waals surface area contributed by atoms with Crippen LogP contribution in [0.2, 0.25) is 0 Å². The molecule has 0 saturated carbocycles. The molecule has 0 rings (SSSR count). The van der Waals surface area contributed by atoms with Crippen LogP contribution in [0, 0.1) is 0 Å². The molecule has 0 unspecified atom stereocenters. The fourth-order valence-corrected chi connectivity index (χ4v) is 0.598. The molecule has 10 heavy (non-hydrogen) atoms. The van der Waals surface area contributed by atoms with Crippen LogP contribution in [-0.4, -0.2) is 40.2 Å². The Morgan fingerprint density at radius 2 is 2.30 bits per heavy atom. The van der Waals surface area contributed by atoms with Gasteiger partial charge in [0.05, 0.1) is 0 Å². The zero-order chi connectivity index (χ0) is 8.04. The highest BCUT2D eigenvalue weighted by atomic mass is 32.3. The Bertz CT molecular complexity index is 167. The van der Waals surface area contributed by atoms with E-state index in [4.69, 9.17) is 0 Å². The van der Waals surface area contributed by atoms with E-state index in [1.54, 1.807) is 7.05 Å². The van der Waals surface area contributed by atoms with E-state index in [-0.39, 0.29) is 6.51 Å². The average molecular weight is 165 g/mol. The summed E-state index contributed by atoms with van der Waals surface area (Å²) < 4.78 is 33.2. The highest BCUT2D eigenvalue weighted by Crippen LogP contribution is 1.81. The molecule has 0 amide bonds. The molecule has 0 aromatic heterocycles. The van der Waals surface area contributed by atoms with E-state index in [1.807, 2.05) is 0 Å². The zero-order valence-corrected chi connectivity index (χ0v) is 6.35. The predicted molar refractivity (Wildman–Crippen MR) is 35.3 cm³/mol. The van der Waals surface area contributed by atoms with Gasteiger partial charge in [0.2, 0.25) is 10.4 Å². The van der Waals surface area contributed by atoms with Crippen molar-refractivity contribution in [3.05, 3.63) is 0 Å². The molecule has 0 aromatic rings. The lowest BCUT2D eigenvalue weighted by Crippen LogP contribution is -2.21. The molecule has 7 heteroatoms. The normalized spacial score (nSPS) is 11.4. The molecule has 0 aliphatic rings. The first-order chi connectivity index (χ1) is 4.56. The van der Waals surface area contributed by atoms with E-state index in [2.05, 4.69) is 9.50 Å². The molecule has 5 nitrogen and oxygen atoms in total. The van der Waals surface area contributed by atoms with Gasteiger partial charge in [0.1, 0.15) is 0 Å². The van der Waals surface area contributed by atoms with Crippen molar-refractivity contribution in [3.8, 4) is 0 Å². The Hall–Kier alpha value is -0.105. The minimum absolute atomic E-state index is 0.174. The Balaban J connectivity index is 3.21. The molecule has 0 aromatic carbocycles. The van der Waals surface area contributed by atoms with Gasteiger partial charge in [-0.05, 0) is 13.5 Å². The van der Waals surface area contributed by atoms with Crippen LogP contribution in [-0.2, 0) is 14.6 Å². The Morgan fingerprint density at radius 3 is 2.70 bits per heavy atom. The van der Waals surface area contributed by atoms with Gasteiger partial charge in [-0.2, -0.15) is 0 Å². The maximum Gasteiger partial charge on any atom is 0.216 e. The Morgan fingerprint density at radius 1 is 1.70 bits per heavy atom. The van der Waals surface area contributed by atoms with E-state index in [0.29, 0.717) is 6.44 Å². The van der Waals surface area contributed by atoms with Gasteiger partial charge < -0.3 is 9.87 Å². The van der Waals surface area contributed by atoms with Crippen LogP contribution >= 0.6 is 0 Å². The van der Waals surface area contributed by atoms with Crippen molar-refractivity contribution in [2.45, 2.75) is 0 Å². The van der Waals surface area contributed by atoms with Crippen molar-refractivity contribution >= 4 is 17.7 Å². The summed E-state index contributed by atoms with van der Waals surface area (Å²) in [6, 6.07) is 0. The predicted octanol–water partition coefficient (Wildman–Crippen LogP) is -1.70. The van der Waals surface area contributed by atoms with Crippen LogP contribution in [0.1, 0.15) is 0 Å². The molecule has 0 aliphatic heterocycles. The van der Waals surface area contributed by atoms with Crippen LogP contribution in [0.15, 0.2) is 0 Å². The average Bonchev–Trinajstić information content (AvgIpc) is 1.78. The van der Waals surface area contributed by atoms with E-state index < -0.39 is 10.4 Å². The van der Waals surface area contributed by atoms with Gasteiger partial charge in [0, 0.05) is 6.51 Å². The van der Waals surface area contributed by atoms with Gasteiger partial charge in [0.15, 0.2) is 7.28 Å². The molecule has 59 valence electrons. The molecule has 0 fully saturated rings. The maximum atomic E-state index is 9.78. The number of rotatable bonds is 5. The number of nitrogens with one attached hydrogen (secondary N) is 1. The fraction of sp³-hybridized carbons (Fsp3) is 1.00. The molecule has 0 bridgehead atoms. The number of hydrogen-bond acceptors (Lipinski definition) is 5. The van der Waals surface area contributed by atoms with E-state index in [9.17, 15) is 13.0 Å². The van der Waals surface area contributed by atoms with E-state index >= 15 is 0 Å². The van der Waals surface area contributed by atoms with Crippen molar-refractivity contribution in [2.24, 2.45) is 0 Å². The van der Waals surface area contributed by atoms with Gasteiger partial charge in [0.25, 0.3) is 0 Å². The standard InChI is InChI=1S/C3H9BNO4S/c1-5-2-4-3-9-10(6,7)8/h5H,2-3H2,1H3,(H,6,7,8)/p-1. The summed E-state index contributed by atoms with van der Waals surface area (Å²) in [5.41, 5.74) is 0. The molecule has 0 atom stereocenters. The zero-order valence-electron chi connectivity index (χ0n) is 5.53. The smallest absolute Gasteiger partial charge is 0.216 e. The molecular weight excluding hydrogens is 157 g/mol. The summed E-state index contributed by atoms with van der Waals surface area (Å²) in [6.45, 7) is -0.174. The van der Waals surface area contributed by atoms with Crippen LogP contribution in [0.5, 0.6) is 0 Å².